The van der Waals surface area contributed by atoms with Crippen LogP contribution in [0.3, 0.4) is 0 Å². The van der Waals surface area contributed by atoms with E-state index in [0.717, 1.165) is 16.9 Å². The van der Waals surface area contributed by atoms with Gasteiger partial charge in [0.15, 0.2) is 5.11 Å². The minimum Gasteiger partial charge on any atom is -0.478 e. The number of thiocarbonyl (C=S) groups is 1. The van der Waals surface area contributed by atoms with Crippen molar-refractivity contribution in [1.82, 2.24) is 15.2 Å². The molecule has 0 radical (unpaired) electrons. The molecule has 2 aromatic heterocycles. The van der Waals surface area contributed by atoms with Crippen molar-refractivity contribution in [2.75, 3.05) is 11.9 Å². The zero-order chi connectivity index (χ0) is 26.6. The van der Waals surface area contributed by atoms with Crippen LogP contribution >= 0.6 is 12.2 Å². The van der Waals surface area contributed by atoms with Crippen LogP contribution in [0, 0.1) is 6.92 Å². The third-order valence-corrected chi connectivity index (χ3v) is 6.81. The number of aryl methyl sites for hydroxylation is 1. The average molecular weight is 527 g/mol. The molecule has 1 saturated heterocycles. The Bertz CT molecular complexity index is 1470. The van der Waals surface area contributed by atoms with Gasteiger partial charge in [0.05, 0.1) is 17.3 Å². The van der Waals surface area contributed by atoms with Crippen LogP contribution < -0.4 is 10.6 Å². The Kier molecular flexibility index (Phi) is 7.19. The highest BCUT2D eigenvalue weighted by Gasteiger charge is 2.41. The lowest BCUT2D eigenvalue weighted by molar-refractivity contribution is -0.116. The molecule has 192 valence electrons. The van der Waals surface area contributed by atoms with Gasteiger partial charge in [0.25, 0.3) is 0 Å². The van der Waals surface area contributed by atoms with Crippen LogP contribution in [0.1, 0.15) is 45.9 Å². The fourth-order valence-corrected chi connectivity index (χ4v) is 4.91. The van der Waals surface area contributed by atoms with E-state index in [-0.39, 0.29) is 23.9 Å². The van der Waals surface area contributed by atoms with Crippen LogP contribution in [0.5, 0.6) is 0 Å². The zero-order valence-electron chi connectivity index (χ0n) is 20.6. The smallest absolute Gasteiger partial charge is 0.336 e. The van der Waals surface area contributed by atoms with Gasteiger partial charge in [-0.25, -0.2) is 4.79 Å². The lowest BCUT2D eigenvalue weighted by Gasteiger charge is -2.25. The predicted molar refractivity (Wildman–Crippen MR) is 148 cm³/mol. The Morgan fingerprint density at radius 1 is 1.05 bits per heavy atom. The fraction of sp³-hybridized carbons (Fsp3) is 0.172. The third kappa shape index (κ3) is 5.28. The molecular formula is C29H26N4O4S. The number of hydrogen-bond donors (Lipinski definition) is 3. The topological polar surface area (TPSA) is 108 Å². The molecule has 1 aliphatic rings. The number of furan rings is 1. The first-order valence-electron chi connectivity index (χ1n) is 12.2. The second-order valence-electron chi connectivity index (χ2n) is 9.04. The number of rotatable bonds is 8. The van der Waals surface area contributed by atoms with Crippen molar-refractivity contribution in [2.24, 2.45) is 0 Å². The van der Waals surface area contributed by atoms with Crippen molar-refractivity contribution in [1.29, 1.82) is 0 Å². The molecule has 4 aromatic rings. The molecule has 1 aliphatic heterocycles. The van der Waals surface area contributed by atoms with E-state index in [1.54, 1.807) is 36.5 Å². The Balaban J connectivity index is 1.42. The first-order chi connectivity index (χ1) is 18.4. The standard InChI is InChI=1S/C29H26N4O4S/c1-18-9-11-19(12-10-18)31-25(34)15-17-33-27(26(32-29(33)38)22-8-4-5-16-30-22)24-14-13-23(37-24)20-6-2-3-7-21(20)28(35)36/h2-14,16,26-27H,15,17H2,1H3,(H,31,34)(H,32,38)(H,35,36). The Morgan fingerprint density at radius 2 is 1.82 bits per heavy atom. The van der Waals surface area contributed by atoms with Crippen molar-refractivity contribution in [3.8, 4) is 11.3 Å². The second-order valence-corrected chi connectivity index (χ2v) is 9.42. The number of nitrogens with one attached hydrogen (secondary N) is 2. The summed E-state index contributed by atoms with van der Waals surface area (Å²) in [5.74, 6) is -0.142. The van der Waals surface area contributed by atoms with E-state index in [9.17, 15) is 14.7 Å². The summed E-state index contributed by atoms with van der Waals surface area (Å²) in [7, 11) is 0. The van der Waals surface area contributed by atoms with Gasteiger partial charge in [0.2, 0.25) is 5.91 Å². The molecule has 3 N–H and O–H groups in total. The Labute approximate surface area is 225 Å². The summed E-state index contributed by atoms with van der Waals surface area (Å²) in [6.07, 6.45) is 1.92. The summed E-state index contributed by atoms with van der Waals surface area (Å²) < 4.78 is 6.26. The van der Waals surface area contributed by atoms with E-state index in [1.165, 1.54) is 0 Å². The summed E-state index contributed by atoms with van der Waals surface area (Å²) in [6.45, 7) is 2.34. The molecule has 0 bridgehead atoms. The van der Waals surface area contributed by atoms with Crippen molar-refractivity contribution < 1.29 is 19.1 Å². The van der Waals surface area contributed by atoms with E-state index in [0.29, 0.717) is 28.7 Å². The zero-order valence-corrected chi connectivity index (χ0v) is 21.4. The SMILES string of the molecule is Cc1ccc(NC(=O)CCN2C(=S)NC(c3ccccn3)C2c2ccc(-c3ccccc3C(=O)O)o2)cc1. The number of aromatic carboxylic acids is 1. The Morgan fingerprint density at radius 3 is 2.55 bits per heavy atom. The quantitative estimate of drug-likeness (QED) is 0.264. The van der Waals surface area contributed by atoms with E-state index >= 15 is 0 Å². The molecule has 2 unspecified atom stereocenters. The number of benzene rings is 2. The van der Waals surface area contributed by atoms with Crippen LogP contribution in [-0.2, 0) is 4.79 Å². The highest BCUT2D eigenvalue weighted by atomic mass is 32.1. The molecule has 5 rings (SSSR count). The van der Waals surface area contributed by atoms with Gasteiger partial charge in [-0.05, 0) is 61.6 Å². The minimum absolute atomic E-state index is 0.132. The summed E-state index contributed by atoms with van der Waals surface area (Å²) in [5, 5.41) is 16.4. The molecule has 0 spiro atoms. The highest BCUT2D eigenvalue weighted by Crippen LogP contribution is 2.40. The summed E-state index contributed by atoms with van der Waals surface area (Å²) in [6, 6.07) is 22.8. The van der Waals surface area contributed by atoms with E-state index in [2.05, 4.69) is 15.6 Å². The van der Waals surface area contributed by atoms with E-state index in [1.807, 2.05) is 60.4 Å². The fourth-order valence-electron chi connectivity index (χ4n) is 4.58. The van der Waals surface area contributed by atoms with Crippen LogP contribution in [0.25, 0.3) is 11.3 Å². The van der Waals surface area contributed by atoms with Gasteiger partial charge in [-0.1, -0.05) is 42.0 Å². The highest BCUT2D eigenvalue weighted by molar-refractivity contribution is 7.80. The molecule has 2 atom stereocenters. The lowest BCUT2D eigenvalue weighted by atomic mass is 10.0. The number of anilines is 1. The molecule has 1 fully saturated rings. The maximum Gasteiger partial charge on any atom is 0.336 e. The number of carbonyl (C=O) groups excluding carboxylic acids is 1. The number of amides is 1. The maximum absolute atomic E-state index is 12.8. The molecule has 0 aliphatic carbocycles. The maximum atomic E-state index is 12.8. The van der Waals surface area contributed by atoms with Crippen LogP contribution in [0.4, 0.5) is 5.69 Å². The van der Waals surface area contributed by atoms with Crippen LogP contribution in [0.15, 0.2) is 89.5 Å². The number of carbonyl (C=O) groups is 2. The minimum atomic E-state index is -1.03. The van der Waals surface area contributed by atoms with Crippen LogP contribution in [0.2, 0.25) is 0 Å². The number of aromatic nitrogens is 1. The summed E-state index contributed by atoms with van der Waals surface area (Å²) >= 11 is 5.68. The molecule has 8 nitrogen and oxygen atoms in total. The first-order valence-corrected chi connectivity index (χ1v) is 12.6. The lowest BCUT2D eigenvalue weighted by Crippen LogP contribution is -2.32. The van der Waals surface area contributed by atoms with Gasteiger partial charge < -0.3 is 25.1 Å². The molecule has 3 heterocycles. The second kappa shape index (κ2) is 10.9. The van der Waals surface area contributed by atoms with Gasteiger partial charge >= 0.3 is 5.97 Å². The molecule has 1 amide bonds. The summed E-state index contributed by atoms with van der Waals surface area (Å²) in [5.41, 5.74) is 3.26. The molecule has 0 saturated carbocycles. The predicted octanol–water partition coefficient (Wildman–Crippen LogP) is 5.35. The van der Waals surface area contributed by atoms with E-state index in [4.69, 9.17) is 16.6 Å². The third-order valence-electron chi connectivity index (χ3n) is 6.45. The summed E-state index contributed by atoms with van der Waals surface area (Å²) in [4.78, 5) is 31.0. The molecular weight excluding hydrogens is 500 g/mol. The van der Waals surface area contributed by atoms with Crippen molar-refractivity contribution in [2.45, 2.75) is 25.4 Å². The average Bonchev–Trinajstić information content (AvgIpc) is 3.53. The van der Waals surface area contributed by atoms with Gasteiger partial charge in [-0.15, -0.1) is 0 Å². The van der Waals surface area contributed by atoms with Gasteiger partial charge in [0, 0.05) is 30.4 Å². The van der Waals surface area contributed by atoms with Gasteiger partial charge in [0.1, 0.15) is 17.6 Å². The monoisotopic (exact) mass is 526 g/mol. The number of pyridine rings is 1. The van der Waals surface area contributed by atoms with Gasteiger partial charge in [-0.2, -0.15) is 0 Å². The molecule has 2 aromatic carbocycles. The largest absolute Gasteiger partial charge is 0.478 e. The van der Waals surface area contributed by atoms with Crippen molar-refractivity contribution in [3.05, 3.63) is 108 Å². The van der Waals surface area contributed by atoms with E-state index < -0.39 is 12.0 Å². The first kappa shape index (κ1) is 25.2. The van der Waals surface area contributed by atoms with Crippen LogP contribution in [-0.4, -0.2) is 38.5 Å². The molecule has 9 heteroatoms. The number of carboxylic acids is 1. The van der Waals surface area contributed by atoms with Gasteiger partial charge in [-0.3, -0.25) is 9.78 Å². The normalized spacial score (nSPS) is 16.8. The molecule has 38 heavy (non-hydrogen) atoms. The van der Waals surface area contributed by atoms with Crippen molar-refractivity contribution >= 4 is 34.9 Å². The Hall–Kier alpha value is -4.50. The number of hydrogen-bond acceptors (Lipinski definition) is 5. The number of nitrogens with zero attached hydrogens (tertiary/aromatic N) is 2. The number of carboxylic acid groups (broad SMARTS) is 1. The van der Waals surface area contributed by atoms with Crippen molar-refractivity contribution in [3.63, 3.8) is 0 Å².